The van der Waals surface area contributed by atoms with Gasteiger partial charge in [-0.2, -0.15) is 0 Å². The molecule has 1 nitrogen and oxygen atoms in total. The maximum absolute atomic E-state index is 5.37. The summed E-state index contributed by atoms with van der Waals surface area (Å²) in [4.78, 5) is 0. The van der Waals surface area contributed by atoms with Crippen LogP contribution in [0.5, 0.6) is 5.75 Å². The molecule has 0 aliphatic carbocycles. The number of ether oxygens (including phenoxy) is 1. The van der Waals surface area contributed by atoms with Crippen molar-refractivity contribution in [3.63, 3.8) is 0 Å². The van der Waals surface area contributed by atoms with Crippen molar-refractivity contribution < 1.29 is 4.74 Å². The van der Waals surface area contributed by atoms with Gasteiger partial charge in [-0.1, -0.05) is 12.0 Å². The van der Waals surface area contributed by atoms with Crippen LogP contribution in [-0.4, -0.2) is 6.61 Å². The molecule has 1 heterocycles. The molecule has 0 amide bonds. The first-order valence-corrected chi connectivity index (χ1v) is 3.80. The minimum absolute atomic E-state index is 0.655. The fourth-order valence-corrected chi connectivity index (χ4v) is 1.21. The number of rotatable bonds is 0. The predicted molar refractivity (Wildman–Crippen MR) is 48.9 cm³/mol. The lowest BCUT2D eigenvalue weighted by atomic mass is 10.1. The van der Waals surface area contributed by atoms with Crippen LogP contribution in [0.3, 0.4) is 0 Å². The first-order chi connectivity index (χ1) is 5.90. The van der Waals surface area contributed by atoms with Gasteiger partial charge in [0.05, 0.1) is 0 Å². The summed E-state index contributed by atoms with van der Waals surface area (Å²) in [5, 5.41) is 0. The molecule has 1 aliphatic heterocycles. The zero-order chi connectivity index (χ0) is 8.39. The number of hydrogen-bond acceptors (Lipinski definition) is 1. The summed E-state index contributed by atoms with van der Waals surface area (Å²) in [7, 11) is 0. The summed E-state index contributed by atoms with van der Waals surface area (Å²) < 4.78 is 5.37. The Morgan fingerprint density at radius 2 is 2.33 bits per heavy atom. The Kier molecular flexibility index (Phi) is 1.60. The predicted octanol–water partition coefficient (Wildman–Crippen LogP) is 2.07. The van der Waals surface area contributed by atoms with Crippen LogP contribution in [0.25, 0.3) is 6.08 Å². The highest BCUT2D eigenvalue weighted by Crippen LogP contribution is 2.23. The average molecular weight is 156 g/mol. The van der Waals surface area contributed by atoms with Gasteiger partial charge in [0, 0.05) is 11.1 Å². The second-order valence-electron chi connectivity index (χ2n) is 2.61. The summed E-state index contributed by atoms with van der Waals surface area (Å²) in [5.41, 5.74) is 1.96. The molecule has 0 atom stereocenters. The SMILES string of the molecule is C#Cc1ccc2c(c1)C=CCO2. The Labute approximate surface area is 71.7 Å². The number of terminal acetylenes is 1. The standard InChI is InChI=1S/C11H8O/c1-2-9-5-6-11-10(8-9)4-3-7-12-11/h1,3-6,8H,7H2. The third kappa shape index (κ3) is 1.08. The molecular formula is C11H8O. The number of benzene rings is 1. The molecule has 58 valence electrons. The van der Waals surface area contributed by atoms with E-state index in [1.807, 2.05) is 30.4 Å². The molecule has 0 N–H and O–H groups in total. The van der Waals surface area contributed by atoms with Gasteiger partial charge in [0.2, 0.25) is 0 Å². The third-order valence-corrected chi connectivity index (χ3v) is 1.81. The summed E-state index contributed by atoms with van der Waals surface area (Å²) >= 11 is 0. The Morgan fingerprint density at radius 1 is 1.42 bits per heavy atom. The largest absolute Gasteiger partial charge is 0.489 e. The highest BCUT2D eigenvalue weighted by Gasteiger charge is 2.04. The summed E-state index contributed by atoms with van der Waals surface area (Å²) in [6, 6.07) is 5.75. The molecule has 1 aliphatic rings. The van der Waals surface area contributed by atoms with Crippen LogP contribution in [0.15, 0.2) is 24.3 Å². The Bertz CT molecular complexity index is 369. The Morgan fingerprint density at radius 3 is 3.17 bits per heavy atom. The summed E-state index contributed by atoms with van der Waals surface area (Å²) in [6.07, 6.45) is 9.27. The van der Waals surface area contributed by atoms with Gasteiger partial charge in [0.1, 0.15) is 12.4 Å². The first kappa shape index (κ1) is 7.00. The monoisotopic (exact) mass is 156 g/mol. The molecule has 0 spiro atoms. The topological polar surface area (TPSA) is 9.23 Å². The van der Waals surface area contributed by atoms with E-state index in [0.717, 1.165) is 16.9 Å². The lowest BCUT2D eigenvalue weighted by Crippen LogP contribution is -1.99. The van der Waals surface area contributed by atoms with E-state index in [1.54, 1.807) is 0 Å². The van der Waals surface area contributed by atoms with Gasteiger partial charge in [-0.25, -0.2) is 0 Å². The van der Waals surface area contributed by atoms with E-state index in [0.29, 0.717) is 6.61 Å². The first-order valence-electron chi connectivity index (χ1n) is 3.80. The van der Waals surface area contributed by atoms with Crippen molar-refractivity contribution in [1.29, 1.82) is 0 Å². The van der Waals surface area contributed by atoms with E-state index in [-0.39, 0.29) is 0 Å². The second-order valence-corrected chi connectivity index (χ2v) is 2.61. The van der Waals surface area contributed by atoms with Crippen LogP contribution < -0.4 is 4.74 Å². The van der Waals surface area contributed by atoms with Crippen LogP contribution >= 0.6 is 0 Å². The van der Waals surface area contributed by atoms with E-state index in [1.165, 1.54) is 0 Å². The van der Waals surface area contributed by atoms with Gasteiger partial charge in [0.15, 0.2) is 0 Å². The van der Waals surface area contributed by atoms with Gasteiger partial charge in [0.25, 0.3) is 0 Å². The van der Waals surface area contributed by atoms with Crippen LogP contribution in [0.1, 0.15) is 11.1 Å². The maximum atomic E-state index is 5.37. The molecule has 0 aromatic heterocycles. The quantitative estimate of drug-likeness (QED) is 0.522. The van der Waals surface area contributed by atoms with E-state index in [9.17, 15) is 0 Å². The van der Waals surface area contributed by atoms with Gasteiger partial charge in [-0.3, -0.25) is 0 Å². The highest BCUT2D eigenvalue weighted by atomic mass is 16.5. The van der Waals surface area contributed by atoms with E-state index in [2.05, 4.69) is 5.92 Å². The van der Waals surface area contributed by atoms with Crippen molar-refractivity contribution in [3.05, 3.63) is 35.4 Å². The van der Waals surface area contributed by atoms with Crippen LogP contribution in [0.2, 0.25) is 0 Å². The minimum Gasteiger partial charge on any atom is -0.489 e. The van der Waals surface area contributed by atoms with E-state index >= 15 is 0 Å². The van der Waals surface area contributed by atoms with Crippen molar-refractivity contribution in [2.45, 2.75) is 0 Å². The summed E-state index contributed by atoms with van der Waals surface area (Å²) in [5.74, 6) is 3.50. The Hall–Kier alpha value is -1.68. The summed E-state index contributed by atoms with van der Waals surface area (Å²) in [6.45, 7) is 0.655. The molecule has 0 saturated heterocycles. The van der Waals surface area contributed by atoms with Crippen molar-refractivity contribution in [2.75, 3.05) is 6.61 Å². The zero-order valence-electron chi connectivity index (χ0n) is 6.58. The molecule has 1 aromatic carbocycles. The lowest BCUT2D eigenvalue weighted by molar-refractivity contribution is 0.358. The molecular weight excluding hydrogens is 148 g/mol. The van der Waals surface area contributed by atoms with Gasteiger partial charge < -0.3 is 4.74 Å². The molecule has 1 aromatic rings. The highest BCUT2D eigenvalue weighted by molar-refractivity contribution is 5.61. The van der Waals surface area contributed by atoms with Crippen molar-refractivity contribution in [1.82, 2.24) is 0 Å². The fourth-order valence-electron chi connectivity index (χ4n) is 1.21. The van der Waals surface area contributed by atoms with Gasteiger partial charge >= 0.3 is 0 Å². The van der Waals surface area contributed by atoms with Crippen molar-refractivity contribution in [2.24, 2.45) is 0 Å². The smallest absolute Gasteiger partial charge is 0.127 e. The fraction of sp³-hybridized carbons (Fsp3) is 0.0909. The van der Waals surface area contributed by atoms with Crippen molar-refractivity contribution >= 4 is 6.08 Å². The van der Waals surface area contributed by atoms with Crippen LogP contribution in [0.4, 0.5) is 0 Å². The zero-order valence-corrected chi connectivity index (χ0v) is 6.58. The van der Waals surface area contributed by atoms with Crippen LogP contribution in [-0.2, 0) is 0 Å². The maximum Gasteiger partial charge on any atom is 0.127 e. The number of hydrogen-bond donors (Lipinski definition) is 0. The normalized spacial score (nSPS) is 12.9. The Balaban J connectivity index is 2.53. The molecule has 1 heteroatoms. The second kappa shape index (κ2) is 2.75. The van der Waals surface area contributed by atoms with Gasteiger partial charge in [-0.15, -0.1) is 6.42 Å². The van der Waals surface area contributed by atoms with Gasteiger partial charge in [-0.05, 0) is 24.3 Å². The average Bonchev–Trinajstić information content (AvgIpc) is 2.17. The molecule has 0 bridgehead atoms. The molecule has 0 fully saturated rings. The van der Waals surface area contributed by atoms with Crippen molar-refractivity contribution in [3.8, 4) is 18.1 Å². The van der Waals surface area contributed by atoms with E-state index < -0.39 is 0 Å². The third-order valence-electron chi connectivity index (χ3n) is 1.81. The molecule has 12 heavy (non-hydrogen) atoms. The van der Waals surface area contributed by atoms with Crippen LogP contribution in [0, 0.1) is 12.3 Å². The minimum atomic E-state index is 0.655. The number of fused-ring (bicyclic) bond motifs is 1. The lowest BCUT2D eigenvalue weighted by Gasteiger charge is -2.11. The molecule has 2 rings (SSSR count). The van der Waals surface area contributed by atoms with E-state index in [4.69, 9.17) is 11.2 Å². The molecule has 0 saturated carbocycles. The molecule has 0 unspecified atom stereocenters. The molecule has 0 radical (unpaired) electrons.